The normalized spacial score (nSPS) is 14.4. The molecule has 1 aromatic carbocycles. The van der Waals surface area contributed by atoms with Crippen molar-refractivity contribution in [2.24, 2.45) is 5.73 Å². The summed E-state index contributed by atoms with van der Waals surface area (Å²) in [5.74, 6) is -4.59. The molecule has 1 rings (SSSR count). The molecule has 0 bridgehead atoms. The van der Waals surface area contributed by atoms with Gasteiger partial charge in [0.25, 0.3) is 0 Å². The molecule has 0 spiro atoms. The summed E-state index contributed by atoms with van der Waals surface area (Å²) in [7, 11) is 1.37. The molecular weight excluding hydrogens is 257 g/mol. The molecule has 7 heteroatoms. The quantitative estimate of drug-likeness (QED) is 0.855. The molecule has 2 nitrogen and oxygen atoms in total. The summed E-state index contributed by atoms with van der Waals surface area (Å²) in [5.41, 5.74) is 5.15. The van der Waals surface area contributed by atoms with E-state index in [1.807, 2.05) is 0 Å². The van der Waals surface area contributed by atoms with E-state index in [2.05, 4.69) is 0 Å². The maximum atomic E-state index is 13.0. The second kappa shape index (κ2) is 4.72. The van der Waals surface area contributed by atoms with Crippen molar-refractivity contribution in [1.29, 1.82) is 0 Å². The van der Waals surface area contributed by atoms with Crippen LogP contribution in [0.2, 0.25) is 0 Å². The molecule has 2 N–H and O–H groups in total. The van der Waals surface area contributed by atoms with Gasteiger partial charge in [-0.2, -0.15) is 22.0 Å². The van der Waals surface area contributed by atoms with Crippen LogP contribution in [0.25, 0.3) is 0 Å². The van der Waals surface area contributed by atoms with E-state index >= 15 is 0 Å². The number of benzene rings is 1. The lowest BCUT2D eigenvalue weighted by atomic mass is 9.99. The van der Waals surface area contributed by atoms with Gasteiger partial charge in [0.05, 0.1) is 7.11 Å². The molecule has 102 valence electrons. The summed E-state index contributed by atoms with van der Waals surface area (Å²) in [6.45, 7) is 1.53. The van der Waals surface area contributed by atoms with Gasteiger partial charge in [-0.05, 0) is 24.1 Å². The zero-order chi connectivity index (χ0) is 14.1. The van der Waals surface area contributed by atoms with Crippen LogP contribution in [-0.4, -0.2) is 19.2 Å². The Balaban J connectivity index is 3.12. The minimum atomic E-state index is -5.68. The van der Waals surface area contributed by atoms with Crippen LogP contribution in [0.5, 0.6) is 5.75 Å². The largest absolute Gasteiger partial charge is 0.496 e. The maximum Gasteiger partial charge on any atom is 0.455 e. The number of hydrogen-bond acceptors (Lipinski definition) is 2. The third-order valence-corrected chi connectivity index (χ3v) is 2.55. The number of hydrogen-bond donors (Lipinski definition) is 1. The Hall–Kier alpha value is -1.37. The van der Waals surface area contributed by atoms with Gasteiger partial charge >= 0.3 is 12.1 Å². The van der Waals surface area contributed by atoms with Gasteiger partial charge in [-0.15, -0.1) is 0 Å². The van der Waals surface area contributed by atoms with Crippen LogP contribution in [0, 0.1) is 6.92 Å². The average molecular weight is 269 g/mol. The minimum Gasteiger partial charge on any atom is -0.496 e. The van der Waals surface area contributed by atoms with E-state index < -0.39 is 18.1 Å². The van der Waals surface area contributed by atoms with Gasteiger partial charge in [-0.25, -0.2) is 0 Å². The molecule has 0 fully saturated rings. The van der Waals surface area contributed by atoms with E-state index in [-0.39, 0.29) is 5.56 Å². The first-order valence-electron chi connectivity index (χ1n) is 4.96. The number of aryl methyl sites for hydroxylation is 1. The molecule has 0 radical (unpaired) electrons. The van der Waals surface area contributed by atoms with Crippen molar-refractivity contribution >= 4 is 0 Å². The molecule has 0 aliphatic rings. The Kier molecular flexibility index (Phi) is 3.85. The van der Waals surface area contributed by atoms with Crippen LogP contribution < -0.4 is 10.5 Å². The Labute approximate surface area is 101 Å². The molecular formula is C11H12F5NO. The first-order chi connectivity index (χ1) is 8.11. The van der Waals surface area contributed by atoms with Crippen LogP contribution in [0.3, 0.4) is 0 Å². The van der Waals surface area contributed by atoms with Crippen molar-refractivity contribution in [3.05, 3.63) is 29.3 Å². The van der Waals surface area contributed by atoms with Gasteiger partial charge in [0.1, 0.15) is 11.8 Å². The zero-order valence-corrected chi connectivity index (χ0v) is 9.68. The fraction of sp³-hybridized carbons (Fsp3) is 0.455. The van der Waals surface area contributed by atoms with E-state index in [1.165, 1.54) is 20.1 Å². The molecule has 1 unspecified atom stereocenters. The molecule has 18 heavy (non-hydrogen) atoms. The second-order valence-corrected chi connectivity index (χ2v) is 3.83. The predicted octanol–water partition coefficient (Wildman–Crippen LogP) is 3.20. The SMILES string of the molecule is COc1ccc(C(N)C(F)(F)C(F)(F)F)cc1C. The summed E-state index contributed by atoms with van der Waals surface area (Å²) in [6.07, 6.45) is -5.68. The fourth-order valence-electron chi connectivity index (χ4n) is 1.48. The Morgan fingerprint density at radius 1 is 1.17 bits per heavy atom. The lowest BCUT2D eigenvalue weighted by Crippen LogP contribution is -2.45. The molecule has 0 amide bonds. The third kappa shape index (κ3) is 2.55. The van der Waals surface area contributed by atoms with Crippen molar-refractivity contribution in [1.82, 2.24) is 0 Å². The highest BCUT2D eigenvalue weighted by Crippen LogP contribution is 2.43. The van der Waals surface area contributed by atoms with E-state index in [9.17, 15) is 22.0 Å². The minimum absolute atomic E-state index is 0.296. The van der Waals surface area contributed by atoms with Crippen LogP contribution in [-0.2, 0) is 0 Å². The average Bonchev–Trinajstić information content (AvgIpc) is 2.26. The standard InChI is InChI=1S/C11H12F5NO/c1-6-5-7(3-4-8(6)18-2)9(17)10(12,13)11(14,15)16/h3-5,9H,17H2,1-2H3. The summed E-state index contributed by atoms with van der Waals surface area (Å²) >= 11 is 0. The molecule has 0 heterocycles. The van der Waals surface area contributed by atoms with E-state index in [1.54, 1.807) is 0 Å². The molecule has 0 aromatic heterocycles. The third-order valence-electron chi connectivity index (χ3n) is 2.55. The topological polar surface area (TPSA) is 35.2 Å². The van der Waals surface area contributed by atoms with Gasteiger partial charge in [0, 0.05) is 0 Å². The molecule has 0 aliphatic heterocycles. The summed E-state index contributed by atoms with van der Waals surface area (Å²) in [6, 6.07) is 1.11. The van der Waals surface area contributed by atoms with E-state index in [0.717, 1.165) is 12.1 Å². The number of nitrogens with two attached hydrogens (primary N) is 1. The molecule has 1 atom stereocenters. The van der Waals surface area contributed by atoms with Crippen molar-refractivity contribution in [2.75, 3.05) is 7.11 Å². The summed E-state index contributed by atoms with van der Waals surface area (Å²) in [4.78, 5) is 0. The van der Waals surface area contributed by atoms with Gasteiger partial charge in [-0.1, -0.05) is 12.1 Å². The molecule has 0 aliphatic carbocycles. The second-order valence-electron chi connectivity index (χ2n) is 3.83. The van der Waals surface area contributed by atoms with Crippen LogP contribution in [0.15, 0.2) is 18.2 Å². The van der Waals surface area contributed by atoms with Gasteiger partial charge in [0.2, 0.25) is 0 Å². The number of ether oxygens (including phenoxy) is 1. The number of methoxy groups -OCH3 is 1. The summed E-state index contributed by atoms with van der Waals surface area (Å²) in [5, 5.41) is 0. The first-order valence-corrected chi connectivity index (χ1v) is 4.96. The zero-order valence-electron chi connectivity index (χ0n) is 9.68. The van der Waals surface area contributed by atoms with Crippen molar-refractivity contribution in [3.63, 3.8) is 0 Å². The monoisotopic (exact) mass is 269 g/mol. The smallest absolute Gasteiger partial charge is 0.455 e. The highest BCUT2D eigenvalue weighted by atomic mass is 19.4. The maximum absolute atomic E-state index is 13.0. The number of rotatable bonds is 3. The Morgan fingerprint density at radius 3 is 2.11 bits per heavy atom. The summed E-state index contributed by atoms with van der Waals surface area (Å²) < 4.78 is 67.4. The molecule has 0 saturated heterocycles. The number of halogens is 5. The van der Waals surface area contributed by atoms with Gasteiger partial charge in [-0.3, -0.25) is 0 Å². The van der Waals surface area contributed by atoms with Gasteiger partial charge < -0.3 is 10.5 Å². The Morgan fingerprint density at radius 2 is 1.72 bits per heavy atom. The predicted molar refractivity (Wildman–Crippen MR) is 55.7 cm³/mol. The Bertz CT molecular complexity index is 430. The highest BCUT2D eigenvalue weighted by molar-refractivity contribution is 5.38. The lowest BCUT2D eigenvalue weighted by molar-refractivity contribution is -0.291. The van der Waals surface area contributed by atoms with Crippen LogP contribution in [0.4, 0.5) is 22.0 Å². The van der Waals surface area contributed by atoms with Crippen molar-refractivity contribution in [2.45, 2.75) is 25.1 Å². The van der Waals surface area contributed by atoms with Crippen molar-refractivity contribution in [3.8, 4) is 5.75 Å². The fourth-order valence-corrected chi connectivity index (χ4v) is 1.48. The van der Waals surface area contributed by atoms with Crippen molar-refractivity contribution < 1.29 is 26.7 Å². The lowest BCUT2D eigenvalue weighted by Gasteiger charge is -2.26. The van der Waals surface area contributed by atoms with Crippen LogP contribution in [0.1, 0.15) is 17.2 Å². The van der Waals surface area contributed by atoms with E-state index in [0.29, 0.717) is 11.3 Å². The highest BCUT2D eigenvalue weighted by Gasteiger charge is 2.61. The van der Waals surface area contributed by atoms with Crippen LogP contribution >= 0.6 is 0 Å². The van der Waals surface area contributed by atoms with E-state index in [4.69, 9.17) is 10.5 Å². The van der Waals surface area contributed by atoms with Gasteiger partial charge in [0.15, 0.2) is 0 Å². The molecule has 0 saturated carbocycles. The first kappa shape index (κ1) is 14.7. The number of alkyl halides is 5. The molecule has 1 aromatic rings.